The molecular weight excluding hydrogens is 292 g/mol. The minimum absolute atomic E-state index is 0.189. The van der Waals surface area contributed by atoms with Crippen molar-refractivity contribution < 1.29 is 8.42 Å². The highest BCUT2D eigenvalue weighted by Crippen LogP contribution is 2.44. The molecule has 0 atom stereocenters. The molecule has 114 valence electrons. The molecule has 20 heavy (non-hydrogen) atoms. The van der Waals surface area contributed by atoms with Gasteiger partial charge in [-0.3, -0.25) is 0 Å². The lowest BCUT2D eigenvalue weighted by molar-refractivity contribution is 0.531. The molecule has 0 amide bonds. The average molecular weight is 316 g/mol. The van der Waals surface area contributed by atoms with Crippen LogP contribution in [0.25, 0.3) is 0 Å². The van der Waals surface area contributed by atoms with Crippen LogP contribution >= 0.6 is 11.3 Å². The number of thiophene rings is 1. The molecule has 1 aliphatic rings. The maximum Gasteiger partial charge on any atom is 0.250 e. The van der Waals surface area contributed by atoms with Gasteiger partial charge in [0.15, 0.2) is 0 Å². The van der Waals surface area contributed by atoms with Crippen molar-refractivity contribution in [3.8, 4) is 0 Å². The van der Waals surface area contributed by atoms with Crippen LogP contribution in [-0.4, -0.2) is 27.5 Å². The first-order valence-electron chi connectivity index (χ1n) is 7.13. The van der Waals surface area contributed by atoms with Crippen molar-refractivity contribution in [2.45, 2.75) is 50.3 Å². The molecule has 0 aliphatic heterocycles. The van der Waals surface area contributed by atoms with Crippen LogP contribution in [0.1, 0.15) is 38.5 Å². The zero-order chi connectivity index (χ0) is 14.8. The van der Waals surface area contributed by atoms with E-state index in [0.717, 1.165) is 30.7 Å². The predicted molar refractivity (Wildman–Crippen MR) is 83.7 cm³/mol. The summed E-state index contributed by atoms with van der Waals surface area (Å²) in [6, 6.07) is 4.09. The molecule has 0 spiro atoms. The summed E-state index contributed by atoms with van der Waals surface area (Å²) in [6.07, 6.45) is 3.11. The predicted octanol–water partition coefficient (Wildman–Crippen LogP) is 2.37. The molecule has 1 heterocycles. The Morgan fingerprint density at radius 2 is 2.05 bits per heavy atom. The Balaban J connectivity index is 1.89. The zero-order valence-electron chi connectivity index (χ0n) is 12.4. The van der Waals surface area contributed by atoms with Gasteiger partial charge in [-0.1, -0.05) is 20.8 Å². The normalized spacial score (nSPS) is 17.6. The highest BCUT2D eigenvalue weighted by molar-refractivity contribution is 7.91. The second-order valence-electron chi connectivity index (χ2n) is 6.21. The zero-order valence-corrected chi connectivity index (χ0v) is 14.0. The number of rotatable bonds is 8. The smallest absolute Gasteiger partial charge is 0.250 e. The van der Waals surface area contributed by atoms with E-state index in [1.54, 1.807) is 6.07 Å². The van der Waals surface area contributed by atoms with Crippen LogP contribution in [0.5, 0.6) is 0 Å². The second-order valence-corrected chi connectivity index (χ2v) is 9.38. The molecular formula is C14H24N2O2S2. The summed E-state index contributed by atoms with van der Waals surface area (Å²) in [5.74, 6) is 0. The number of hydrogen-bond acceptors (Lipinski definition) is 4. The maximum atomic E-state index is 12.2. The average Bonchev–Trinajstić information content (AvgIpc) is 2.89. The number of hydrogen-bond donors (Lipinski definition) is 2. The molecule has 1 aromatic rings. The van der Waals surface area contributed by atoms with Gasteiger partial charge in [0.1, 0.15) is 4.21 Å². The molecule has 4 nitrogen and oxygen atoms in total. The minimum atomic E-state index is -3.33. The first kappa shape index (κ1) is 15.9. The fourth-order valence-corrected chi connectivity index (χ4v) is 4.45. The summed E-state index contributed by atoms with van der Waals surface area (Å²) in [7, 11) is -3.33. The van der Waals surface area contributed by atoms with Crippen LogP contribution in [0.2, 0.25) is 0 Å². The van der Waals surface area contributed by atoms with E-state index in [-0.39, 0.29) is 5.41 Å². The summed E-state index contributed by atoms with van der Waals surface area (Å²) in [5, 5.41) is 3.34. The van der Waals surface area contributed by atoms with Crippen LogP contribution in [0.15, 0.2) is 16.3 Å². The van der Waals surface area contributed by atoms with Crippen molar-refractivity contribution in [1.82, 2.24) is 10.0 Å². The topological polar surface area (TPSA) is 58.2 Å². The molecule has 2 rings (SSSR count). The van der Waals surface area contributed by atoms with Crippen LogP contribution < -0.4 is 10.0 Å². The molecule has 0 unspecified atom stereocenters. The van der Waals surface area contributed by atoms with Gasteiger partial charge in [0.2, 0.25) is 10.0 Å². The summed E-state index contributed by atoms with van der Waals surface area (Å²) in [5.41, 5.74) is 0.189. The summed E-state index contributed by atoms with van der Waals surface area (Å²) in [6.45, 7) is 7.76. The summed E-state index contributed by atoms with van der Waals surface area (Å²) >= 11 is 1.37. The lowest BCUT2D eigenvalue weighted by Crippen LogP contribution is -2.28. The van der Waals surface area contributed by atoms with Gasteiger partial charge < -0.3 is 5.32 Å². The fourth-order valence-electron chi connectivity index (χ4n) is 1.85. The van der Waals surface area contributed by atoms with E-state index >= 15 is 0 Å². The molecule has 1 fully saturated rings. The molecule has 2 N–H and O–H groups in total. The Hall–Kier alpha value is -0.430. The summed E-state index contributed by atoms with van der Waals surface area (Å²) in [4.78, 5) is 1.11. The Kier molecular flexibility index (Phi) is 4.89. The lowest BCUT2D eigenvalue weighted by atomic mass is 10.2. The van der Waals surface area contributed by atoms with E-state index in [4.69, 9.17) is 0 Å². The standard InChI is InChI=1S/C14H24N2O2S2/c1-11(2)15-9-6-12-4-5-13(19-12)20(17,18)16-10-14(3)7-8-14/h4-5,11,15-16H,6-10H2,1-3H3. The molecule has 0 aromatic carbocycles. The molecule has 0 radical (unpaired) electrons. The van der Waals surface area contributed by atoms with E-state index in [1.165, 1.54) is 11.3 Å². The van der Waals surface area contributed by atoms with E-state index in [9.17, 15) is 8.42 Å². The number of nitrogens with one attached hydrogen (secondary N) is 2. The lowest BCUT2D eigenvalue weighted by Gasteiger charge is -2.09. The van der Waals surface area contributed by atoms with E-state index in [0.29, 0.717) is 16.8 Å². The fraction of sp³-hybridized carbons (Fsp3) is 0.714. The molecule has 1 aromatic heterocycles. The number of sulfonamides is 1. The largest absolute Gasteiger partial charge is 0.314 e. The van der Waals surface area contributed by atoms with Crippen molar-refractivity contribution in [2.24, 2.45) is 5.41 Å². The quantitative estimate of drug-likeness (QED) is 0.774. The van der Waals surface area contributed by atoms with Crippen LogP contribution in [0, 0.1) is 5.41 Å². The minimum Gasteiger partial charge on any atom is -0.314 e. The summed E-state index contributed by atoms with van der Waals surface area (Å²) < 4.78 is 27.5. The Morgan fingerprint density at radius 1 is 1.35 bits per heavy atom. The Morgan fingerprint density at radius 3 is 2.65 bits per heavy atom. The van der Waals surface area contributed by atoms with Gasteiger partial charge in [-0.05, 0) is 36.8 Å². The van der Waals surface area contributed by atoms with Gasteiger partial charge >= 0.3 is 0 Å². The van der Waals surface area contributed by atoms with Gasteiger partial charge in [-0.2, -0.15) is 0 Å². The molecule has 1 saturated carbocycles. The first-order valence-corrected chi connectivity index (χ1v) is 9.42. The third-order valence-electron chi connectivity index (χ3n) is 3.62. The van der Waals surface area contributed by atoms with Gasteiger partial charge in [-0.25, -0.2) is 13.1 Å². The van der Waals surface area contributed by atoms with Crippen molar-refractivity contribution in [1.29, 1.82) is 0 Å². The maximum absolute atomic E-state index is 12.2. The van der Waals surface area contributed by atoms with Crippen molar-refractivity contribution >= 4 is 21.4 Å². The van der Waals surface area contributed by atoms with E-state index in [2.05, 4.69) is 30.8 Å². The Bertz CT molecular complexity index is 545. The van der Waals surface area contributed by atoms with Crippen LogP contribution in [0.4, 0.5) is 0 Å². The highest BCUT2D eigenvalue weighted by Gasteiger charge is 2.38. The molecule has 0 saturated heterocycles. The first-order chi connectivity index (χ1) is 9.31. The van der Waals surface area contributed by atoms with Crippen molar-refractivity contribution in [3.63, 3.8) is 0 Å². The van der Waals surface area contributed by atoms with Gasteiger partial charge in [0.25, 0.3) is 0 Å². The van der Waals surface area contributed by atoms with Crippen LogP contribution in [-0.2, 0) is 16.4 Å². The van der Waals surface area contributed by atoms with Gasteiger partial charge in [0, 0.05) is 24.0 Å². The van der Waals surface area contributed by atoms with E-state index < -0.39 is 10.0 Å². The van der Waals surface area contributed by atoms with Gasteiger partial charge in [0.05, 0.1) is 0 Å². The van der Waals surface area contributed by atoms with E-state index in [1.807, 2.05) is 6.07 Å². The Labute approximate surface area is 126 Å². The van der Waals surface area contributed by atoms with Crippen molar-refractivity contribution in [3.05, 3.63) is 17.0 Å². The molecule has 6 heteroatoms. The van der Waals surface area contributed by atoms with Crippen molar-refractivity contribution in [2.75, 3.05) is 13.1 Å². The third-order valence-corrected chi connectivity index (χ3v) is 6.66. The van der Waals surface area contributed by atoms with Crippen LogP contribution in [0.3, 0.4) is 0 Å². The van der Waals surface area contributed by atoms with Gasteiger partial charge in [-0.15, -0.1) is 11.3 Å². The second kappa shape index (κ2) is 6.13. The molecule has 0 bridgehead atoms. The monoisotopic (exact) mass is 316 g/mol. The molecule has 1 aliphatic carbocycles. The highest BCUT2D eigenvalue weighted by atomic mass is 32.2. The third kappa shape index (κ3) is 4.55. The SMILES string of the molecule is CC(C)NCCc1ccc(S(=O)(=O)NCC2(C)CC2)s1.